The molecule has 2 aromatic rings. The van der Waals surface area contributed by atoms with Crippen LogP contribution in [0.15, 0.2) is 36.7 Å². The Morgan fingerprint density at radius 1 is 1.27 bits per heavy atom. The first-order valence-electron chi connectivity index (χ1n) is 6.43. The predicted octanol–water partition coefficient (Wildman–Crippen LogP) is 1.29. The van der Waals surface area contributed by atoms with Gasteiger partial charge in [-0.05, 0) is 5.56 Å². The number of nitrogens with zero attached hydrogens (tertiary/aromatic N) is 4. The maximum atomic E-state index is 12.3. The van der Waals surface area contributed by atoms with Crippen LogP contribution < -0.4 is 0 Å². The highest BCUT2D eigenvalue weighted by Crippen LogP contribution is 2.16. The highest BCUT2D eigenvalue weighted by molar-refractivity contribution is 7.88. The van der Waals surface area contributed by atoms with Gasteiger partial charge in [0, 0.05) is 44.5 Å². The Kier molecular flexibility index (Phi) is 4.57. The average molecular weight is 324 g/mol. The van der Waals surface area contributed by atoms with Crippen LogP contribution in [0.2, 0.25) is 0 Å². The molecule has 0 saturated heterocycles. The first-order valence-corrected chi connectivity index (χ1v) is 8.04. The van der Waals surface area contributed by atoms with Gasteiger partial charge in [-0.3, -0.25) is 14.8 Å². The molecular formula is C13H16N4O4S. The van der Waals surface area contributed by atoms with Gasteiger partial charge in [0.1, 0.15) is 0 Å². The highest BCUT2D eigenvalue weighted by atomic mass is 32.2. The standard InChI is InChI=1S/C13H16N4O4S/c1-15-8-12(7-14-15)9-16(2)22(20,21)10-11-3-5-13(6-4-11)17(18)19/h3-8H,9-10H2,1-2H3. The maximum absolute atomic E-state index is 12.3. The largest absolute Gasteiger partial charge is 0.275 e. The molecular weight excluding hydrogens is 308 g/mol. The molecule has 0 saturated carbocycles. The van der Waals surface area contributed by atoms with Crippen molar-refractivity contribution >= 4 is 15.7 Å². The van der Waals surface area contributed by atoms with Crippen molar-refractivity contribution in [3.05, 3.63) is 57.9 Å². The fourth-order valence-corrected chi connectivity index (χ4v) is 3.12. The monoisotopic (exact) mass is 324 g/mol. The molecule has 0 amide bonds. The van der Waals surface area contributed by atoms with E-state index in [9.17, 15) is 18.5 Å². The molecule has 0 spiro atoms. The van der Waals surface area contributed by atoms with Crippen LogP contribution in [-0.4, -0.2) is 34.5 Å². The highest BCUT2D eigenvalue weighted by Gasteiger charge is 2.19. The zero-order valence-electron chi connectivity index (χ0n) is 12.2. The van der Waals surface area contributed by atoms with Crippen LogP contribution in [0.1, 0.15) is 11.1 Å². The molecule has 9 heteroatoms. The van der Waals surface area contributed by atoms with Crippen molar-refractivity contribution in [2.75, 3.05) is 7.05 Å². The van der Waals surface area contributed by atoms with E-state index < -0.39 is 14.9 Å². The number of nitro benzene ring substituents is 1. The van der Waals surface area contributed by atoms with Gasteiger partial charge in [0.15, 0.2) is 0 Å². The van der Waals surface area contributed by atoms with Gasteiger partial charge >= 0.3 is 0 Å². The van der Waals surface area contributed by atoms with E-state index in [0.717, 1.165) is 5.56 Å². The maximum Gasteiger partial charge on any atom is 0.269 e. The Bertz CT molecular complexity index is 768. The fourth-order valence-electron chi connectivity index (χ4n) is 1.94. The number of non-ortho nitro benzene ring substituents is 1. The van der Waals surface area contributed by atoms with Gasteiger partial charge < -0.3 is 0 Å². The number of aromatic nitrogens is 2. The smallest absolute Gasteiger partial charge is 0.269 e. The van der Waals surface area contributed by atoms with Crippen LogP contribution in [0.3, 0.4) is 0 Å². The molecule has 0 atom stereocenters. The van der Waals surface area contributed by atoms with Gasteiger partial charge in [-0.1, -0.05) is 12.1 Å². The van der Waals surface area contributed by atoms with Gasteiger partial charge in [-0.25, -0.2) is 12.7 Å². The summed E-state index contributed by atoms with van der Waals surface area (Å²) in [6.45, 7) is 0.225. The number of benzene rings is 1. The second-order valence-corrected chi connectivity index (χ2v) is 7.03. The van der Waals surface area contributed by atoms with E-state index in [1.165, 1.54) is 35.6 Å². The number of hydrogen-bond donors (Lipinski definition) is 0. The Labute approximate surface area is 128 Å². The summed E-state index contributed by atoms with van der Waals surface area (Å²) >= 11 is 0. The third-order valence-corrected chi connectivity index (χ3v) is 4.91. The molecule has 0 aliphatic carbocycles. The van der Waals surface area contributed by atoms with Gasteiger partial charge in [0.25, 0.3) is 5.69 Å². The van der Waals surface area contributed by atoms with Crippen LogP contribution in [-0.2, 0) is 29.4 Å². The summed E-state index contributed by atoms with van der Waals surface area (Å²) in [5.74, 6) is -0.207. The minimum absolute atomic E-state index is 0.0649. The van der Waals surface area contributed by atoms with Crippen LogP contribution in [0.5, 0.6) is 0 Å². The molecule has 0 fully saturated rings. The van der Waals surface area contributed by atoms with E-state index in [4.69, 9.17) is 0 Å². The van der Waals surface area contributed by atoms with Gasteiger partial charge in [0.2, 0.25) is 10.0 Å². The number of nitro groups is 1. The Hall–Kier alpha value is -2.26. The molecule has 8 nitrogen and oxygen atoms in total. The number of sulfonamides is 1. The van der Waals surface area contributed by atoms with Crippen LogP contribution >= 0.6 is 0 Å². The van der Waals surface area contributed by atoms with E-state index in [1.807, 2.05) is 0 Å². The second kappa shape index (κ2) is 6.24. The minimum atomic E-state index is -3.51. The van der Waals surface area contributed by atoms with Crippen molar-refractivity contribution in [2.45, 2.75) is 12.3 Å². The summed E-state index contributed by atoms with van der Waals surface area (Å²) in [6, 6.07) is 5.50. The van der Waals surface area contributed by atoms with Crippen molar-refractivity contribution in [1.29, 1.82) is 0 Å². The third-order valence-electron chi connectivity index (χ3n) is 3.13. The summed E-state index contributed by atoms with van der Waals surface area (Å²) < 4.78 is 27.4. The first kappa shape index (κ1) is 16.1. The first-order chi connectivity index (χ1) is 10.3. The van der Waals surface area contributed by atoms with Gasteiger partial charge in [0.05, 0.1) is 16.9 Å². The van der Waals surface area contributed by atoms with E-state index >= 15 is 0 Å². The number of rotatable bonds is 6. The lowest BCUT2D eigenvalue weighted by atomic mass is 10.2. The minimum Gasteiger partial charge on any atom is -0.275 e. The fraction of sp³-hybridized carbons (Fsp3) is 0.308. The molecule has 0 N–H and O–H groups in total. The summed E-state index contributed by atoms with van der Waals surface area (Å²) in [5, 5.41) is 14.6. The topological polar surface area (TPSA) is 98.3 Å². The van der Waals surface area contributed by atoms with Crippen LogP contribution in [0.25, 0.3) is 0 Å². The zero-order chi connectivity index (χ0) is 16.3. The molecule has 118 valence electrons. The molecule has 0 radical (unpaired) electrons. The van der Waals surface area contributed by atoms with Crippen molar-refractivity contribution in [2.24, 2.45) is 7.05 Å². The lowest BCUT2D eigenvalue weighted by Crippen LogP contribution is -2.27. The Balaban J connectivity index is 2.07. The second-order valence-electron chi connectivity index (χ2n) is 4.96. The molecule has 0 bridgehead atoms. The summed E-state index contributed by atoms with van der Waals surface area (Å²) in [4.78, 5) is 10.1. The molecule has 0 aliphatic heterocycles. The summed E-state index contributed by atoms with van der Waals surface area (Å²) in [6.07, 6.45) is 3.36. The summed E-state index contributed by atoms with van der Waals surface area (Å²) in [5.41, 5.74) is 1.23. The number of aryl methyl sites for hydroxylation is 1. The lowest BCUT2D eigenvalue weighted by Gasteiger charge is -2.16. The SMILES string of the molecule is CN(Cc1cnn(C)c1)S(=O)(=O)Cc1ccc([N+](=O)[O-])cc1. The molecule has 1 aromatic carbocycles. The van der Waals surface area contributed by atoms with Crippen LogP contribution in [0, 0.1) is 10.1 Å². The van der Waals surface area contributed by atoms with E-state index in [-0.39, 0.29) is 18.0 Å². The quantitative estimate of drug-likeness (QED) is 0.589. The Morgan fingerprint density at radius 3 is 2.41 bits per heavy atom. The Morgan fingerprint density at radius 2 is 1.91 bits per heavy atom. The van der Waals surface area contributed by atoms with E-state index in [2.05, 4.69) is 5.10 Å². The molecule has 0 aliphatic rings. The van der Waals surface area contributed by atoms with Crippen LogP contribution in [0.4, 0.5) is 5.69 Å². The molecule has 2 rings (SSSR count). The molecule has 1 aromatic heterocycles. The van der Waals surface area contributed by atoms with Crippen molar-refractivity contribution in [1.82, 2.24) is 14.1 Å². The van der Waals surface area contributed by atoms with E-state index in [1.54, 1.807) is 24.1 Å². The van der Waals surface area contributed by atoms with Crippen molar-refractivity contribution < 1.29 is 13.3 Å². The van der Waals surface area contributed by atoms with Crippen molar-refractivity contribution in [3.63, 3.8) is 0 Å². The normalized spacial score (nSPS) is 11.8. The van der Waals surface area contributed by atoms with Gasteiger partial charge in [-0.2, -0.15) is 5.10 Å². The van der Waals surface area contributed by atoms with E-state index in [0.29, 0.717) is 5.56 Å². The van der Waals surface area contributed by atoms with Gasteiger partial charge in [-0.15, -0.1) is 0 Å². The predicted molar refractivity (Wildman–Crippen MR) is 80.4 cm³/mol. The average Bonchev–Trinajstić information content (AvgIpc) is 2.84. The summed E-state index contributed by atoms with van der Waals surface area (Å²) in [7, 11) is -0.256. The lowest BCUT2D eigenvalue weighted by molar-refractivity contribution is -0.384. The third kappa shape index (κ3) is 3.89. The van der Waals surface area contributed by atoms with Crippen molar-refractivity contribution in [3.8, 4) is 0 Å². The molecule has 22 heavy (non-hydrogen) atoms. The molecule has 0 unspecified atom stereocenters. The molecule has 1 heterocycles. The zero-order valence-corrected chi connectivity index (χ0v) is 13.0. The number of hydrogen-bond acceptors (Lipinski definition) is 5.